The fourth-order valence-corrected chi connectivity index (χ4v) is 5.01. The summed E-state index contributed by atoms with van der Waals surface area (Å²) in [7, 11) is 0. The number of benzene rings is 3. The maximum Gasteiger partial charge on any atom is 0.243 e. The molecule has 3 aromatic carbocycles. The number of aryl methyl sites for hydroxylation is 1. The maximum absolute atomic E-state index is 13.7. The van der Waals surface area contributed by atoms with Crippen molar-refractivity contribution < 1.29 is 9.59 Å². The van der Waals surface area contributed by atoms with E-state index in [4.69, 9.17) is 11.6 Å². The van der Waals surface area contributed by atoms with Crippen LogP contribution in [0.1, 0.15) is 48.8 Å². The van der Waals surface area contributed by atoms with Gasteiger partial charge in [-0.25, -0.2) is 0 Å². The standard InChI is InChI=1S/C30H33ClN2O2/c31-26-15-9-14-25(20-26)22-33(29(34)19-18-23-10-3-1-4-11-23)28(21-24-12-5-2-6-13-24)30(35)32-27-16-7-8-17-27/h1-6,9-15,20,27-28H,7-8,16-19,21-22H2,(H,32,35)/t28-/m1/s1. The van der Waals surface area contributed by atoms with Crippen LogP contribution in [0.15, 0.2) is 84.9 Å². The lowest BCUT2D eigenvalue weighted by Crippen LogP contribution is -2.52. The van der Waals surface area contributed by atoms with Crippen molar-refractivity contribution in [2.75, 3.05) is 0 Å². The Morgan fingerprint density at radius 2 is 1.49 bits per heavy atom. The second-order valence-corrected chi connectivity index (χ2v) is 9.77. The zero-order valence-corrected chi connectivity index (χ0v) is 20.8. The van der Waals surface area contributed by atoms with E-state index >= 15 is 0 Å². The average molecular weight is 489 g/mol. The van der Waals surface area contributed by atoms with Gasteiger partial charge in [0, 0.05) is 30.5 Å². The first-order valence-electron chi connectivity index (χ1n) is 12.5. The Kier molecular flexibility index (Phi) is 8.96. The van der Waals surface area contributed by atoms with Gasteiger partial charge >= 0.3 is 0 Å². The van der Waals surface area contributed by atoms with E-state index < -0.39 is 6.04 Å². The summed E-state index contributed by atoms with van der Waals surface area (Å²) >= 11 is 6.25. The highest BCUT2D eigenvalue weighted by Gasteiger charge is 2.32. The van der Waals surface area contributed by atoms with Crippen LogP contribution in [-0.2, 0) is 29.0 Å². The van der Waals surface area contributed by atoms with Gasteiger partial charge in [-0.05, 0) is 48.1 Å². The predicted molar refractivity (Wildman–Crippen MR) is 141 cm³/mol. The molecule has 1 aliphatic carbocycles. The molecule has 4 rings (SSSR count). The van der Waals surface area contributed by atoms with Gasteiger partial charge in [0.05, 0.1) is 0 Å². The number of hydrogen-bond acceptors (Lipinski definition) is 2. The molecule has 35 heavy (non-hydrogen) atoms. The molecule has 0 bridgehead atoms. The van der Waals surface area contributed by atoms with Crippen molar-refractivity contribution in [3.8, 4) is 0 Å². The van der Waals surface area contributed by atoms with Crippen LogP contribution in [0.2, 0.25) is 5.02 Å². The summed E-state index contributed by atoms with van der Waals surface area (Å²) in [5.74, 6) is -0.104. The first kappa shape index (κ1) is 25.0. The second-order valence-electron chi connectivity index (χ2n) is 9.33. The minimum absolute atomic E-state index is 0.0312. The van der Waals surface area contributed by atoms with Crippen molar-refractivity contribution in [2.45, 2.75) is 63.6 Å². The second kappa shape index (κ2) is 12.6. The SMILES string of the molecule is O=C(NC1CCCC1)[C@@H](Cc1ccccc1)N(Cc1cccc(Cl)c1)C(=O)CCc1ccccc1. The first-order valence-corrected chi connectivity index (χ1v) is 12.9. The highest BCUT2D eigenvalue weighted by atomic mass is 35.5. The molecule has 2 amide bonds. The third-order valence-electron chi connectivity index (χ3n) is 6.68. The Morgan fingerprint density at radius 3 is 2.14 bits per heavy atom. The van der Waals surface area contributed by atoms with Crippen molar-refractivity contribution in [3.63, 3.8) is 0 Å². The first-order chi connectivity index (χ1) is 17.1. The lowest BCUT2D eigenvalue weighted by atomic mass is 10.0. The van der Waals surface area contributed by atoms with Gasteiger partial charge in [0.25, 0.3) is 0 Å². The van der Waals surface area contributed by atoms with Crippen LogP contribution in [-0.4, -0.2) is 28.8 Å². The van der Waals surface area contributed by atoms with Crippen molar-refractivity contribution in [2.24, 2.45) is 0 Å². The summed E-state index contributed by atoms with van der Waals surface area (Å²) < 4.78 is 0. The summed E-state index contributed by atoms with van der Waals surface area (Å²) in [5, 5.41) is 3.87. The minimum atomic E-state index is -0.597. The van der Waals surface area contributed by atoms with Gasteiger partial charge in [-0.3, -0.25) is 9.59 Å². The summed E-state index contributed by atoms with van der Waals surface area (Å²) in [5.41, 5.74) is 3.06. The molecular weight excluding hydrogens is 456 g/mol. The Balaban J connectivity index is 1.61. The molecule has 1 saturated carbocycles. The van der Waals surface area contributed by atoms with E-state index in [1.807, 2.05) is 84.9 Å². The van der Waals surface area contributed by atoms with Crippen LogP contribution in [0.4, 0.5) is 0 Å². The molecule has 5 heteroatoms. The zero-order chi connectivity index (χ0) is 24.5. The third-order valence-corrected chi connectivity index (χ3v) is 6.92. The van der Waals surface area contributed by atoms with Crippen LogP contribution >= 0.6 is 11.6 Å². The van der Waals surface area contributed by atoms with Crippen molar-refractivity contribution in [1.82, 2.24) is 10.2 Å². The Bertz CT molecular complexity index is 1100. The molecule has 0 heterocycles. The Morgan fingerprint density at radius 1 is 0.857 bits per heavy atom. The van der Waals surface area contributed by atoms with Gasteiger partial charge in [-0.15, -0.1) is 0 Å². The summed E-state index contributed by atoms with van der Waals surface area (Å²) in [6.45, 7) is 0.337. The van der Waals surface area contributed by atoms with Crippen LogP contribution in [0.3, 0.4) is 0 Å². The van der Waals surface area contributed by atoms with E-state index in [1.54, 1.807) is 4.90 Å². The molecule has 0 unspecified atom stereocenters. The third kappa shape index (κ3) is 7.43. The number of rotatable bonds is 10. The summed E-state index contributed by atoms with van der Waals surface area (Å²) in [4.78, 5) is 29.1. The molecule has 1 atom stereocenters. The monoisotopic (exact) mass is 488 g/mol. The summed E-state index contributed by atoms with van der Waals surface area (Å²) in [6, 6.07) is 27.1. The number of amides is 2. The molecule has 0 saturated heterocycles. The molecular formula is C30H33ClN2O2. The van der Waals surface area contributed by atoms with E-state index in [2.05, 4.69) is 5.32 Å². The van der Waals surface area contributed by atoms with Crippen molar-refractivity contribution in [1.29, 1.82) is 0 Å². The van der Waals surface area contributed by atoms with E-state index in [0.717, 1.165) is 42.4 Å². The fraction of sp³-hybridized carbons (Fsp3) is 0.333. The van der Waals surface area contributed by atoms with Gasteiger partial charge in [0.2, 0.25) is 11.8 Å². The molecule has 0 radical (unpaired) electrons. The average Bonchev–Trinajstić information content (AvgIpc) is 3.39. The summed E-state index contributed by atoms with van der Waals surface area (Å²) in [6.07, 6.45) is 5.71. The van der Waals surface area contributed by atoms with Crippen LogP contribution < -0.4 is 5.32 Å². The highest BCUT2D eigenvalue weighted by Crippen LogP contribution is 2.21. The zero-order valence-electron chi connectivity index (χ0n) is 20.0. The lowest BCUT2D eigenvalue weighted by Gasteiger charge is -2.32. The molecule has 4 nitrogen and oxygen atoms in total. The number of carbonyl (C=O) groups is 2. The number of halogens is 1. The molecule has 1 aliphatic rings. The van der Waals surface area contributed by atoms with Crippen LogP contribution in [0, 0.1) is 0 Å². The van der Waals surface area contributed by atoms with E-state index in [-0.39, 0.29) is 17.9 Å². The predicted octanol–water partition coefficient (Wildman–Crippen LogP) is 5.97. The molecule has 0 aliphatic heterocycles. The molecule has 3 aromatic rings. The topological polar surface area (TPSA) is 49.4 Å². The minimum Gasteiger partial charge on any atom is -0.352 e. The van der Waals surface area contributed by atoms with Gasteiger partial charge in [-0.2, -0.15) is 0 Å². The van der Waals surface area contributed by atoms with Crippen molar-refractivity contribution >= 4 is 23.4 Å². The van der Waals surface area contributed by atoms with E-state index in [1.165, 1.54) is 0 Å². The normalized spacial score (nSPS) is 14.4. The van der Waals surface area contributed by atoms with Crippen molar-refractivity contribution in [3.05, 3.63) is 107 Å². The number of carbonyl (C=O) groups excluding carboxylic acids is 2. The Hall–Kier alpha value is -3.11. The van der Waals surface area contributed by atoms with Crippen LogP contribution in [0.25, 0.3) is 0 Å². The molecule has 1 N–H and O–H groups in total. The fourth-order valence-electron chi connectivity index (χ4n) is 4.79. The van der Waals surface area contributed by atoms with Gasteiger partial charge < -0.3 is 10.2 Å². The number of nitrogens with zero attached hydrogens (tertiary/aromatic N) is 1. The smallest absolute Gasteiger partial charge is 0.243 e. The quantitative estimate of drug-likeness (QED) is 0.382. The number of nitrogens with one attached hydrogen (secondary N) is 1. The van der Waals surface area contributed by atoms with Gasteiger partial charge in [0.15, 0.2) is 0 Å². The largest absolute Gasteiger partial charge is 0.352 e. The molecule has 182 valence electrons. The molecule has 0 spiro atoms. The van der Waals surface area contributed by atoms with E-state index in [9.17, 15) is 9.59 Å². The maximum atomic E-state index is 13.7. The molecule has 1 fully saturated rings. The van der Waals surface area contributed by atoms with Gasteiger partial charge in [-0.1, -0.05) is 97.2 Å². The lowest BCUT2D eigenvalue weighted by molar-refractivity contribution is -0.141. The Labute approximate surface area is 213 Å². The van der Waals surface area contributed by atoms with Crippen LogP contribution in [0.5, 0.6) is 0 Å². The number of hydrogen-bond donors (Lipinski definition) is 1. The highest BCUT2D eigenvalue weighted by molar-refractivity contribution is 6.30. The van der Waals surface area contributed by atoms with Gasteiger partial charge in [0.1, 0.15) is 6.04 Å². The van der Waals surface area contributed by atoms with E-state index in [0.29, 0.717) is 30.8 Å². The molecule has 0 aromatic heterocycles.